The predicted octanol–water partition coefficient (Wildman–Crippen LogP) is 2.37. The van der Waals surface area contributed by atoms with E-state index in [0.717, 1.165) is 5.56 Å². The zero-order chi connectivity index (χ0) is 14.1. The third-order valence-electron chi connectivity index (χ3n) is 3.32. The van der Waals surface area contributed by atoms with Crippen LogP contribution < -0.4 is 5.69 Å². The zero-order valence-electron chi connectivity index (χ0n) is 11.1. The van der Waals surface area contributed by atoms with Gasteiger partial charge < -0.3 is 0 Å². The van der Waals surface area contributed by atoms with Gasteiger partial charge in [0.15, 0.2) is 11.3 Å². The Morgan fingerprint density at radius 3 is 2.80 bits per heavy atom. The number of H-pyrrole nitrogens is 1. The highest BCUT2D eigenvalue weighted by atomic mass is 16.1. The first-order chi connectivity index (χ1) is 9.70. The molecule has 0 saturated carbocycles. The standard InChI is InChI=1S/C15H14N4O/c1-3-12-9-16-13-14(17-12)19(15(20)18-13)10(2)11-7-5-4-6-8-11/h3-10H,1H2,2H3,(H,16,18,20). The molecule has 100 valence electrons. The molecule has 0 aliphatic rings. The Morgan fingerprint density at radius 1 is 1.35 bits per heavy atom. The molecule has 0 saturated heterocycles. The van der Waals surface area contributed by atoms with Crippen molar-refractivity contribution in [2.75, 3.05) is 0 Å². The van der Waals surface area contributed by atoms with Gasteiger partial charge in [0.05, 0.1) is 17.9 Å². The van der Waals surface area contributed by atoms with E-state index in [-0.39, 0.29) is 11.7 Å². The summed E-state index contributed by atoms with van der Waals surface area (Å²) in [6.45, 7) is 5.64. The van der Waals surface area contributed by atoms with Crippen molar-refractivity contribution >= 4 is 17.4 Å². The Balaban J connectivity index is 2.22. The molecule has 0 aliphatic heterocycles. The number of hydrogen-bond acceptors (Lipinski definition) is 3. The summed E-state index contributed by atoms with van der Waals surface area (Å²) in [6.07, 6.45) is 3.20. The van der Waals surface area contributed by atoms with Crippen molar-refractivity contribution in [2.45, 2.75) is 13.0 Å². The molecular formula is C15H14N4O. The molecule has 3 rings (SSSR count). The fourth-order valence-corrected chi connectivity index (χ4v) is 2.24. The van der Waals surface area contributed by atoms with Gasteiger partial charge in [-0.15, -0.1) is 0 Å². The number of nitrogens with zero attached hydrogens (tertiary/aromatic N) is 3. The molecule has 0 amide bonds. The van der Waals surface area contributed by atoms with Gasteiger partial charge in [-0.25, -0.2) is 14.8 Å². The smallest absolute Gasteiger partial charge is 0.289 e. The van der Waals surface area contributed by atoms with Crippen LogP contribution in [0.25, 0.3) is 17.4 Å². The number of rotatable bonds is 3. The van der Waals surface area contributed by atoms with Crippen LogP contribution in [0.15, 0.2) is 47.9 Å². The maximum absolute atomic E-state index is 12.2. The van der Waals surface area contributed by atoms with Crippen LogP contribution in [0.1, 0.15) is 24.2 Å². The summed E-state index contributed by atoms with van der Waals surface area (Å²) in [7, 11) is 0. The molecule has 0 radical (unpaired) electrons. The molecule has 1 N–H and O–H groups in total. The first-order valence-electron chi connectivity index (χ1n) is 6.35. The van der Waals surface area contributed by atoms with Crippen LogP contribution in [-0.4, -0.2) is 19.5 Å². The first-order valence-corrected chi connectivity index (χ1v) is 6.35. The number of fused-ring (bicyclic) bond motifs is 1. The molecule has 1 unspecified atom stereocenters. The van der Waals surface area contributed by atoms with Gasteiger partial charge in [0.1, 0.15) is 0 Å². The summed E-state index contributed by atoms with van der Waals surface area (Å²) in [4.78, 5) is 23.5. The van der Waals surface area contributed by atoms with Gasteiger partial charge in [-0.3, -0.25) is 9.55 Å². The fourth-order valence-electron chi connectivity index (χ4n) is 2.24. The average Bonchev–Trinajstić information content (AvgIpc) is 2.82. The predicted molar refractivity (Wildman–Crippen MR) is 78.5 cm³/mol. The van der Waals surface area contributed by atoms with E-state index in [1.807, 2.05) is 37.3 Å². The maximum Gasteiger partial charge on any atom is 0.329 e. The molecule has 3 aromatic rings. The van der Waals surface area contributed by atoms with Gasteiger partial charge in [-0.05, 0) is 18.6 Å². The molecule has 1 aromatic carbocycles. The number of nitrogens with one attached hydrogen (secondary N) is 1. The van der Waals surface area contributed by atoms with Crippen molar-refractivity contribution in [3.63, 3.8) is 0 Å². The van der Waals surface area contributed by atoms with Crippen molar-refractivity contribution in [3.05, 3.63) is 64.8 Å². The van der Waals surface area contributed by atoms with E-state index in [1.54, 1.807) is 16.8 Å². The van der Waals surface area contributed by atoms with E-state index in [1.165, 1.54) is 0 Å². The summed E-state index contributed by atoms with van der Waals surface area (Å²) in [5, 5.41) is 0. The van der Waals surface area contributed by atoms with Gasteiger partial charge in [-0.2, -0.15) is 0 Å². The minimum absolute atomic E-state index is 0.119. The Kier molecular flexibility index (Phi) is 2.95. The van der Waals surface area contributed by atoms with Gasteiger partial charge in [0, 0.05) is 0 Å². The van der Waals surface area contributed by atoms with Crippen LogP contribution in [0.5, 0.6) is 0 Å². The number of benzene rings is 1. The second-order valence-electron chi connectivity index (χ2n) is 4.56. The van der Waals surface area contributed by atoms with E-state index >= 15 is 0 Å². The van der Waals surface area contributed by atoms with E-state index < -0.39 is 0 Å². The van der Waals surface area contributed by atoms with E-state index in [4.69, 9.17) is 0 Å². The van der Waals surface area contributed by atoms with Crippen molar-refractivity contribution in [3.8, 4) is 0 Å². The van der Waals surface area contributed by atoms with Crippen LogP contribution in [0.2, 0.25) is 0 Å². The summed E-state index contributed by atoms with van der Waals surface area (Å²) < 4.78 is 1.62. The average molecular weight is 266 g/mol. The maximum atomic E-state index is 12.2. The lowest BCUT2D eigenvalue weighted by Crippen LogP contribution is -2.21. The quantitative estimate of drug-likeness (QED) is 0.791. The molecule has 0 spiro atoms. The summed E-state index contributed by atoms with van der Waals surface area (Å²) >= 11 is 0. The normalized spacial score (nSPS) is 12.4. The monoisotopic (exact) mass is 266 g/mol. The molecule has 0 aliphatic carbocycles. The molecule has 2 aromatic heterocycles. The number of imidazole rings is 1. The molecule has 0 fully saturated rings. The fraction of sp³-hybridized carbons (Fsp3) is 0.133. The zero-order valence-corrected chi connectivity index (χ0v) is 11.1. The van der Waals surface area contributed by atoms with Crippen molar-refractivity contribution in [1.82, 2.24) is 19.5 Å². The minimum Gasteiger partial charge on any atom is -0.289 e. The van der Waals surface area contributed by atoms with Crippen LogP contribution in [0.3, 0.4) is 0 Å². The van der Waals surface area contributed by atoms with E-state index in [9.17, 15) is 4.79 Å². The summed E-state index contributed by atoms with van der Waals surface area (Å²) in [5.41, 5.74) is 2.51. The van der Waals surface area contributed by atoms with E-state index in [2.05, 4.69) is 21.5 Å². The Morgan fingerprint density at radius 2 is 2.10 bits per heavy atom. The van der Waals surface area contributed by atoms with Crippen LogP contribution in [0, 0.1) is 0 Å². The highest BCUT2D eigenvalue weighted by Crippen LogP contribution is 2.19. The second-order valence-corrected chi connectivity index (χ2v) is 4.56. The van der Waals surface area contributed by atoms with E-state index in [0.29, 0.717) is 17.0 Å². The van der Waals surface area contributed by atoms with Gasteiger partial charge >= 0.3 is 5.69 Å². The number of hydrogen-bond donors (Lipinski definition) is 1. The van der Waals surface area contributed by atoms with Crippen molar-refractivity contribution in [2.24, 2.45) is 0 Å². The number of aromatic amines is 1. The molecule has 1 atom stereocenters. The Hall–Kier alpha value is -2.69. The molecule has 5 nitrogen and oxygen atoms in total. The lowest BCUT2D eigenvalue weighted by atomic mass is 10.1. The summed E-state index contributed by atoms with van der Waals surface area (Å²) in [5.74, 6) is 0. The first kappa shape index (κ1) is 12.3. The lowest BCUT2D eigenvalue weighted by Gasteiger charge is -2.13. The topological polar surface area (TPSA) is 63.6 Å². The largest absolute Gasteiger partial charge is 0.329 e. The minimum atomic E-state index is -0.211. The second kappa shape index (κ2) is 4.77. The lowest BCUT2D eigenvalue weighted by molar-refractivity contribution is 0.630. The van der Waals surface area contributed by atoms with Gasteiger partial charge in [-0.1, -0.05) is 36.9 Å². The highest BCUT2D eigenvalue weighted by Gasteiger charge is 2.16. The molecule has 20 heavy (non-hydrogen) atoms. The highest BCUT2D eigenvalue weighted by molar-refractivity contribution is 5.67. The Labute approximate surface area is 115 Å². The SMILES string of the molecule is C=Cc1cnc2[nH]c(=O)n(C(C)c3ccccc3)c2n1. The summed E-state index contributed by atoms with van der Waals surface area (Å²) in [6, 6.07) is 9.71. The third kappa shape index (κ3) is 1.93. The molecule has 0 bridgehead atoms. The van der Waals surface area contributed by atoms with Crippen LogP contribution >= 0.6 is 0 Å². The van der Waals surface area contributed by atoms with Crippen LogP contribution in [-0.2, 0) is 0 Å². The molecule has 2 heterocycles. The molecular weight excluding hydrogens is 252 g/mol. The van der Waals surface area contributed by atoms with Crippen molar-refractivity contribution in [1.29, 1.82) is 0 Å². The third-order valence-corrected chi connectivity index (χ3v) is 3.32. The number of aromatic nitrogens is 4. The van der Waals surface area contributed by atoms with Gasteiger partial charge in [0.2, 0.25) is 0 Å². The van der Waals surface area contributed by atoms with Crippen molar-refractivity contribution < 1.29 is 0 Å². The Bertz CT molecular complexity index is 817. The molecule has 5 heteroatoms. The van der Waals surface area contributed by atoms with Crippen LogP contribution in [0.4, 0.5) is 0 Å². The van der Waals surface area contributed by atoms with Gasteiger partial charge in [0.25, 0.3) is 0 Å².